The van der Waals surface area contributed by atoms with Gasteiger partial charge in [-0.2, -0.15) is 5.10 Å². The average molecular weight is 393 g/mol. The third-order valence-corrected chi connectivity index (χ3v) is 4.41. The van der Waals surface area contributed by atoms with Gasteiger partial charge in [0.05, 0.1) is 5.02 Å². The van der Waals surface area contributed by atoms with Crippen molar-refractivity contribution in [2.24, 2.45) is 5.10 Å². The Morgan fingerprint density at radius 2 is 1.85 bits per heavy atom. The van der Waals surface area contributed by atoms with Gasteiger partial charge in [-0.25, -0.2) is 5.43 Å². The zero-order valence-electron chi connectivity index (χ0n) is 15.1. The molecule has 4 nitrogen and oxygen atoms in total. The Balaban J connectivity index is 1.87. The number of hydrazone groups is 1. The molecule has 0 spiro atoms. The van der Waals surface area contributed by atoms with E-state index in [-0.39, 0.29) is 17.9 Å². The zero-order valence-corrected chi connectivity index (χ0v) is 16.6. The van der Waals surface area contributed by atoms with E-state index in [1.54, 1.807) is 18.2 Å². The molecule has 0 aromatic heterocycles. The van der Waals surface area contributed by atoms with Gasteiger partial charge in [-0.15, -0.1) is 0 Å². The summed E-state index contributed by atoms with van der Waals surface area (Å²) in [6.07, 6.45) is 0.723. The van der Waals surface area contributed by atoms with Crippen molar-refractivity contribution < 1.29 is 9.53 Å². The summed E-state index contributed by atoms with van der Waals surface area (Å²) in [6.45, 7) is 6.01. The highest BCUT2D eigenvalue weighted by Crippen LogP contribution is 2.28. The molecule has 138 valence electrons. The predicted molar refractivity (Wildman–Crippen MR) is 107 cm³/mol. The van der Waals surface area contributed by atoms with E-state index in [0.29, 0.717) is 15.8 Å². The van der Waals surface area contributed by atoms with Crippen LogP contribution in [0.2, 0.25) is 10.0 Å². The molecular formula is C20H22Cl2N2O2. The third kappa shape index (κ3) is 6.04. The minimum atomic E-state index is -0.354. The number of hydrogen-bond donors (Lipinski definition) is 1. The molecule has 26 heavy (non-hydrogen) atoms. The Labute approximate surface area is 164 Å². The van der Waals surface area contributed by atoms with Crippen molar-refractivity contribution in [3.05, 3.63) is 64.1 Å². The lowest BCUT2D eigenvalue weighted by Gasteiger charge is -2.25. The summed E-state index contributed by atoms with van der Waals surface area (Å²) in [7, 11) is 0. The first-order valence-electron chi connectivity index (χ1n) is 8.23. The van der Waals surface area contributed by atoms with Crippen molar-refractivity contribution in [3.8, 4) is 5.75 Å². The second-order valence-electron chi connectivity index (χ2n) is 6.67. The van der Waals surface area contributed by atoms with Crippen LogP contribution >= 0.6 is 23.2 Å². The number of nitrogens with one attached hydrogen (secondary N) is 1. The molecule has 0 bridgehead atoms. The van der Waals surface area contributed by atoms with E-state index in [9.17, 15) is 4.79 Å². The SMILES string of the molecule is C/C(CC(C)(C)c1ccccc1)=N/NC(=O)COc1ccc(Cl)cc1Cl. The van der Waals surface area contributed by atoms with Crippen molar-refractivity contribution >= 4 is 34.8 Å². The summed E-state index contributed by atoms with van der Waals surface area (Å²) in [5.41, 5.74) is 4.49. The molecule has 0 aliphatic carbocycles. The van der Waals surface area contributed by atoms with Crippen LogP contribution < -0.4 is 10.2 Å². The fraction of sp³-hybridized carbons (Fsp3) is 0.300. The van der Waals surface area contributed by atoms with Crippen LogP contribution in [0.1, 0.15) is 32.8 Å². The molecular weight excluding hydrogens is 371 g/mol. The smallest absolute Gasteiger partial charge is 0.277 e. The molecule has 1 N–H and O–H groups in total. The van der Waals surface area contributed by atoms with Crippen molar-refractivity contribution in [1.29, 1.82) is 0 Å². The lowest BCUT2D eigenvalue weighted by atomic mass is 9.80. The Morgan fingerprint density at radius 3 is 2.50 bits per heavy atom. The van der Waals surface area contributed by atoms with Crippen LogP contribution in [0, 0.1) is 0 Å². The maximum Gasteiger partial charge on any atom is 0.277 e. The fourth-order valence-electron chi connectivity index (χ4n) is 2.60. The standard InChI is InChI=1S/C20H22Cl2N2O2/c1-14(12-20(2,3)15-7-5-4-6-8-15)23-24-19(25)13-26-18-10-9-16(21)11-17(18)22/h4-11H,12-13H2,1-3H3,(H,24,25)/b23-14-. The van der Waals surface area contributed by atoms with Gasteiger partial charge in [0.15, 0.2) is 6.61 Å². The van der Waals surface area contributed by atoms with Gasteiger partial charge in [-0.1, -0.05) is 67.4 Å². The van der Waals surface area contributed by atoms with E-state index in [0.717, 1.165) is 12.1 Å². The van der Waals surface area contributed by atoms with Crippen molar-refractivity contribution in [1.82, 2.24) is 5.43 Å². The molecule has 0 aliphatic rings. The number of rotatable bonds is 7. The van der Waals surface area contributed by atoms with Crippen LogP contribution in [0.4, 0.5) is 0 Å². The van der Waals surface area contributed by atoms with E-state index in [4.69, 9.17) is 27.9 Å². The summed E-state index contributed by atoms with van der Waals surface area (Å²) in [4.78, 5) is 11.9. The summed E-state index contributed by atoms with van der Waals surface area (Å²) in [6, 6.07) is 15.0. The van der Waals surface area contributed by atoms with Crippen LogP contribution in [0.25, 0.3) is 0 Å². The molecule has 2 rings (SSSR count). The summed E-state index contributed by atoms with van der Waals surface area (Å²) in [5, 5.41) is 5.03. The maximum absolute atomic E-state index is 11.9. The molecule has 2 aromatic rings. The molecule has 0 heterocycles. The molecule has 0 radical (unpaired) electrons. The highest BCUT2D eigenvalue weighted by Gasteiger charge is 2.21. The predicted octanol–water partition coefficient (Wildman–Crippen LogP) is 5.23. The number of amides is 1. The maximum atomic E-state index is 11.9. The molecule has 0 unspecified atom stereocenters. The van der Waals surface area contributed by atoms with E-state index in [1.807, 2.05) is 25.1 Å². The molecule has 0 fully saturated rings. The van der Waals surface area contributed by atoms with Crippen LogP contribution in [0.5, 0.6) is 5.75 Å². The van der Waals surface area contributed by atoms with Gasteiger partial charge in [0, 0.05) is 10.7 Å². The highest BCUT2D eigenvalue weighted by atomic mass is 35.5. The fourth-order valence-corrected chi connectivity index (χ4v) is 3.06. The average Bonchev–Trinajstić information content (AvgIpc) is 2.59. The van der Waals surface area contributed by atoms with Crippen LogP contribution in [-0.2, 0) is 10.2 Å². The number of hydrogen-bond acceptors (Lipinski definition) is 3. The number of halogens is 2. The lowest BCUT2D eigenvalue weighted by molar-refractivity contribution is -0.123. The minimum Gasteiger partial charge on any atom is -0.482 e. The monoisotopic (exact) mass is 392 g/mol. The van der Waals surface area contributed by atoms with E-state index in [1.165, 1.54) is 5.56 Å². The Bertz CT molecular complexity index is 790. The van der Waals surface area contributed by atoms with Gasteiger partial charge in [0.2, 0.25) is 0 Å². The largest absolute Gasteiger partial charge is 0.482 e. The Hall–Kier alpha value is -2.04. The van der Waals surface area contributed by atoms with Crippen LogP contribution in [0.3, 0.4) is 0 Å². The van der Waals surface area contributed by atoms with E-state index < -0.39 is 0 Å². The van der Waals surface area contributed by atoms with Crippen molar-refractivity contribution in [3.63, 3.8) is 0 Å². The molecule has 1 amide bonds. The number of ether oxygens (including phenoxy) is 1. The molecule has 0 saturated heterocycles. The lowest BCUT2D eigenvalue weighted by Crippen LogP contribution is -2.27. The second-order valence-corrected chi connectivity index (χ2v) is 7.52. The Morgan fingerprint density at radius 1 is 1.15 bits per heavy atom. The number of carbonyl (C=O) groups is 1. The Kier molecular flexibility index (Phi) is 7.06. The van der Waals surface area contributed by atoms with Gasteiger partial charge < -0.3 is 4.74 Å². The number of nitrogens with zero attached hydrogens (tertiary/aromatic N) is 1. The zero-order chi connectivity index (χ0) is 19.2. The van der Waals surface area contributed by atoms with Crippen molar-refractivity contribution in [2.45, 2.75) is 32.6 Å². The van der Waals surface area contributed by atoms with Crippen LogP contribution in [-0.4, -0.2) is 18.2 Å². The summed E-state index contributed by atoms with van der Waals surface area (Å²) < 4.78 is 5.38. The molecule has 0 saturated carbocycles. The van der Waals surface area contributed by atoms with Gasteiger partial charge in [-0.05, 0) is 42.5 Å². The first kappa shape index (κ1) is 20.3. The summed E-state index contributed by atoms with van der Waals surface area (Å²) in [5.74, 6) is 0.0463. The second kappa shape index (κ2) is 9.06. The van der Waals surface area contributed by atoms with Gasteiger partial charge >= 0.3 is 0 Å². The van der Waals surface area contributed by atoms with E-state index >= 15 is 0 Å². The van der Waals surface area contributed by atoms with Crippen molar-refractivity contribution in [2.75, 3.05) is 6.61 Å². The van der Waals surface area contributed by atoms with Gasteiger partial charge in [0.25, 0.3) is 5.91 Å². The number of carbonyl (C=O) groups excluding carboxylic acids is 1. The highest BCUT2D eigenvalue weighted by molar-refractivity contribution is 6.35. The normalized spacial score (nSPS) is 12.0. The molecule has 0 atom stereocenters. The minimum absolute atomic E-state index is 0.0765. The first-order valence-corrected chi connectivity index (χ1v) is 8.99. The molecule has 2 aromatic carbocycles. The summed E-state index contributed by atoms with van der Waals surface area (Å²) >= 11 is 11.8. The van der Waals surface area contributed by atoms with Crippen LogP contribution in [0.15, 0.2) is 53.6 Å². The third-order valence-electron chi connectivity index (χ3n) is 3.88. The van der Waals surface area contributed by atoms with E-state index in [2.05, 4.69) is 36.5 Å². The first-order chi connectivity index (χ1) is 12.3. The molecule has 6 heteroatoms. The molecule has 0 aliphatic heterocycles. The quantitative estimate of drug-likeness (QED) is 0.517. The van der Waals surface area contributed by atoms with Gasteiger partial charge in [0.1, 0.15) is 5.75 Å². The topological polar surface area (TPSA) is 50.7 Å². The number of benzene rings is 2. The van der Waals surface area contributed by atoms with Gasteiger partial charge in [-0.3, -0.25) is 4.79 Å².